The van der Waals surface area contributed by atoms with Gasteiger partial charge in [-0.2, -0.15) is 4.98 Å². The second-order valence-electron chi connectivity index (χ2n) is 2.71. The Morgan fingerprint density at radius 2 is 2.21 bits per heavy atom. The van der Waals surface area contributed by atoms with Gasteiger partial charge < -0.3 is 11.1 Å². The average molecular weight is 233 g/mol. The molecule has 76 valence electrons. The molecule has 6 heteroatoms. The summed E-state index contributed by atoms with van der Waals surface area (Å²) in [6.07, 6.45) is 0. The smallest absolute Gasteiger partial charge is 0.224 e. The van der Waals surface area contributed by atoms with Crippen molar-refractivity contribution < 1.29 is 0 Å². The number of nitrogens with zero attached hydrogens (tertiary/aromatic N) is 2. The zero-order valence-corrected chi connectivity index (χ0v) is 9.15. The van der Waals surface area contributed by atoms with Crippen molar-refractivity contribution >= 4 is 34.7 Å². The van der Waals surface area contributed by atoms with Gasteiger partial charge in [-0.15, -0.1) is 0 Å². The summed E-state index contributed by atoms with van der Waals surface area (Å²) in [6.45, 7) is 5.67. The van der Waals surface area contributed by atoms with Crippen molar-refractivity contribution in [2.45, 2.75) is 6.92 Å². The van der Waals surface area contributed by atoms with Crippen LogP contribution in [0.4, 0.5) is 11.5 Å². The van der Waals surface area contributed by atoms with Crippen LogP contribution in [0, 0.1) is 6.92 Å². The van der Waals surface area contributed by atoms with Crippen molar-refractivity contribution in [1.82, 2.24) is 9.97 Å². The Balaban J connectivity index is 2.90. The first-order valence-corrected chi connectivity index (χ1v) is 4.63. The third kappa shape index (κ3) is 2.75. The first kappa shape index (κ1) is 11.1. The van der Waals surface area contributed by atoms with Crippen LogP contribution in [0.5, 0.6) is 0 Å². The van der Waals surface area contributed by atoms with Crippen LogP contribution in [0.15, 0.2) is 11.6 Å². The zero-order valence-electron chi connectivity index (χ0n) is 7.64. The molecule has 0 atom stereocenters. The lowest BCUT2D eigenvalue weighted by molar-refractivity contribution is 1.09. The molecular weight excluding hydrogens is 223 g/mol. The Morgan fingerprint density at radius 3 is 2.79 bits per heavy atom. The molecule has 0 spiro atoms. The number of nitrogen functional groups attached to an aromatic ring is 1. The van der Waals surface area contributed by atoms with Crippen LogP contribution in [-0.4, -0.2) is 16.5 Å². The van der Waals surface area contributed by atoms with Gasteiger partial charge in [0.2, 0.25) is 5.28 Å². The lowest BCUT2D eigenvalue weighted by Crippen LogP contribution is -2.08. The van der Waals surface area contributed by atoms with E-state index >= 15 is 0 Å². The number of nitrogens with one attached hydrogen (secondary N) is 1. The second kappa shape index (κ2) is 4.48. The van der Waals surface area contributed by atoms with Crippen LogP contribution in [-0.2, 0) is 0 Å². The van der Waals surface area contributed by atoms with Crippen molar-refractivity contribution in [1.29, 1.82) is 0 Å². The lowest BCUT2D eigenvalue weighted by atomic mass is 10.3. The maximum atomic E-state index is 5.72. The van der Waals surface area contributed by atoms with Crippen LogP contribution < -0.4 is 11.1 Å². The maximum absolute atomic E-state index is 5.72. The molecule has 0 radical (unpaired) electrons. The van der Waals surface area contributed by atoms with E-state index in [9.17, 15) is 0 Å². The summed E-state index contributed by atoms with van der Waals surface area (Å²) in [5.41, 5.74) is 6.82. The topological polar surface area (TPSA) is 63.8 Å². The average Bonchev–Trinajstić information content (AvgIpc) is 2.08. The summed E-state index contributed by atoms with van der Waals surface area (Å²) in [5.74, 6) is 0.476. The Morgan fingerprint density at radius 1 is 1.57 bits per heavy atom. The molecule has 0 aromatic carbocycles. The van der Waals surface area contributed by atoms with E-state index in [-0.39, 0.29) is 5.28 Å². The number of aryl methyl sites for hydroxylation is 1. The van der Waals surface area contributed by atoms with E-state index in [0.29, 0.717) is 28.8 Å². The van der Waals surface area contributed by atoms with Gasteiger partial charge in [-0.05, 0) is 18.5 Å². The number of nitrogens with two attached hydrogens (primary N) is 1. The molecule has 0 saturated heterocycles. The molecule has 1 aromatic rings. The number of rotatable bonds is 3. The van der Waals surface area contributed by atoms with Crippen molar-refractivity contribution in [2.75, 3.05) is 17.6 Å². The Kier molecular flexibility index (Phi) is 3.55. The molecule has 0 aliphatic rings. The molecule has 0 amide bonds. The Labute approximate surface area is 92.1 Å². The highest BCUT2D eigenvalue weighted by atomic mass is 35.5. The van der Waals surface area contributed by atoms with Crippen LogP contribution >= 0.6 is 23.2 Å². The van der Waals surface area contributed by atoms with Gasteiger partial charge in [0.05, 0.1) is 17.9 Å². The normalized spacial score (nSPS) is 9.93. The molecule has 4 nitrogen and oxygen atoms in total. The van der Waals surface area contributed by atoms with Crippen molar-refractivity contribution in [2.24, 2.45) is 0 Å². The zero-order chi connectivity index (χ0) is 10.7. The molecule has 14 heavy (non-hydrogen) atoms. The highest BCUT2D eigenvalue weighted by Gasteiger charge is 2.06. The maximum Gasteiger partial charge on any atom is 0.224 e. The van der Waals surface area contributed by atoms with Gasteiger partial charge in [0.1, 0.15) is 0 Å². The van der Waals surface area contributed by atoms with E-state index in [2.05, 4.69) is 21.9 Å². The molecule has 1 aromatic heterocycles. The summed E-state index contributed by atoms with van der Waals surface area (Å²) in [5, 5.41) is 3.52. The molecule has 1 rings (SSSR count). The summed E-state index contributed by atoms with van der Waals surface area (Å²) in [7, 11) is 0. The largest absolute Gasteiger partial charge is 0.394 e. The minimum Gasteiger partial charge on any atom is -0.394 e. The second-order valence-corrected chi connectivity index (χ2v) is 3.58. The lowest BCUT2D eigenvalue weighted by Gasteiger charge is -2.08. The molecule has 0 saturated carbocycles. The van der Waals surface area contributed by atoms with E-state index in [1.807, 2.05) is 0 Å². The van der Waals surface area contributed by atoms with E-state index < -0.39 is 0 Å². The highest BCUT2D eigenvalue weighted by Crippen LogP contribution is 2.20. The van der Waals surface area contributed by atoms with Gasteiger partial charge in [0.15, 0.2) is 5.82 Å². The number of hydrogen-bond donors (Lipinski definition) is 2. The summed E-state index contributed by atoms with van der Waals surface area (Å²) in [6, 6.07) is 0. The monoisotopic (exact) mass is 232 g/mol. The third-order valence-electron chi connectivity index (χ3n) is 1.56. The molecule has 3 N–H and O–H groups in total. The first-order chi connectivity index (χ1) is 6.50. The molecule has 0 bridgehead atoms. The SMILES string of the molecule is C=C(Cl)CNc1nc(Cl)nc(C)c1N. The quantitative estimate of drug-likeness (QED) is 0.785. The van der Waals surface area contributed by atoms with Gasteiger partial charge in [0.25, 0.3) is 0 Å². The summed E-state index contributed by atoms with van der Waals surface area (Å²) >= 11 is 11.2. The van der Waals surface area contributed by atoms with E-state index in [1.165, 1.54) is 0 Å². The minimum atomic E-state index is 0.152. The summed E-state index contributed by atoms with van der Waals surface area (Å²) < 4.78 is 0. The van der Waals surface area contributed by atoms with Crippen molar-refractivity contribution in [3.63, 3.8) is 0 Å². The van der Waals surface area contributed by atoms with Gasteiger partial charge in [-0.25, -0.2) is 4.98 Å². The molecule has 0 aliphatic heterocycles. The third-order valence-corrected chi connectivity index (χ3v) is 1.86. The predicted molar refractivity (Wildman–Crippen MR) is 59.7 cm³/mol. The predicted octanol–water partition coefficient (Wildman–Crippen LogP) is 2.19. The number of anilines is 2. The Bertz CT molecular complexity index is 365. The van der Waals surface area contributed by atoms with Crippen LogP contribution in [0.1, 0.15) is 5.69 Å². The van der Waals surface area contributed by atoms with Crippen LogP contribution in [0.25, 0.3) is 0 Å². The van der Waals surface area contributed by atoms with Crippen LogP contribution in [0.2, 0.25) is 5.28 Å². The number of aromatic nitrogens is 2. The van der Waals surface area contributed by atoms with E-state index in [0.717, 1.165) is 0 Å². The Hall–Kier alpha value is -1.00. The fraction of sp³-hybridized carbons (Fsp3) is 0.250. The van der Waals surface area contributed by atoms with Gasteiger partial charge in [0, 0.05) is 5.03 Å². The molecule has 0 aliphatic carbocycles. The highest BCUT2D eigenvalue weighted by molar-refractivity contribution is 6.29. The van der Waals surface area contributed by atoms with Crippen LogP contribution in [0.3, 0.4) is 0 Å². The molecule has 0 unspecified atom stereocenters. The fourth-order valence-electron chi connectivity index (χ4n) is 0.862. The first-order valence-electron chi connectivity index (χ1n) is 3.87. The fourth-order valence-corrected chi connectivity index (χ4v) is 1.14. The van der Waals surface area contributed by atoms with E-state index in [1.54, 1.807) is 6.92 Å². The molecule has 0 fully saturated rings. The van der Waals surface area contributed by atoms with Crippen molar-refractivity contribution in [3.8, 4) is 0 Å². The number of hydrogen-bond acceptors (Lipinski definition) is 4. The van der Waals surface area contributed by atoms with E-state index in [4.69, 9.17) is 28.9 Å². The molecular formula is C8H10Cl2N4. The standard InChI is InChI=1S/C8H10Cl2N4/c1-4(9)3-12-7-6(11)5(2)13-8(10)14-7/h1,3,11H2,2H3,(H,12,13,14). The van der Waals surface area contributed by atoms with Gasteiger partial charge >= 0.3 is 0 Å². The summed E-state index contributed by atoms with van der Waals surface area (Å²) in [4.78, 5) is 7.82. The van der Waals surface area contributed by atoms with Gasteiger partial charge in [-0.3, -0.25) is 0 Å². The number of halogens is 2. The van der Waals surface area contributed by atoms with Crippen molar-refractivity contribution in [3.05, 3.63) is 22.6 Å². The minimum absolute atomic E-state index is 0.152. The molecule has 1 heterocycles. The van der Waals surface area contributed by atoms with Gasteiger partial charge in [-0.1, -0.05) is 18.2 Å².